The number of hydrogen-bond acceptors (Lipinski definition) is 5. The number of thiazole rings is 1. The second-order valence-corrected chi connectivity index (χ2v) is 6.90. The molecule has 0 spiro atoms. The molecule has 3 rings (SSSR count). The third-order valence-electron chi connectivity index (χ3n) is 4.16. The van der Waals surface area contributed by atoms with Crippen LogP contribution in [0.25, 0.3) is 11.3 Å². The SMILES string of the molecule is CN=C(NCc1ccc(OC)c(OC)c1)NCc1nc(-c2ccccc2)cs1. The fourth-order valence-electron chi connectivity index (χ4n) is 2.69. The molecule has 0 saturated heterocycles. The van der Waals surface area contributed by atoms with Crippen LogP contribution in [0.15, 0.2) is 58.9 Å². The molecule has 0 fully saturated rings. The summed E-state index contributed by atoms with van der Waals surface area (Å²) in [6.45, 7) is 1.23. The highest BCUT2D eigenvalue weighted by Crippen LogP contribution is 2.27. The summed E-state index contributed by atoms with van der Waals surface area (Å²) in [4.78, 5) is 8.96. The lowest BCUT2D eigenvalue weighted by Crippen LogP contribution is -2.36. The lowest BCUT2D eigenvalue weighted by atomic mass is 10.2. The van der Waals surface area contributed by atoms with Crippen LogP contribution in [0.5, 0.6) is 11.5 Å². The summed E-state index contributed by atoms with van der Waals surface area (Å²) in [6, 6.07) is 16.0. The van der Waals surface area contributed by atoms with Crippen LogP contribution in [0.4, 0.5) is 0 Å². The van der Waals surface area contributed by atoms with Crippen LogP contribution in [0.1, 0.15) is 10.6 Å². The maximum atomic E-state index is 5.35. The maximum Gasteiger partial charge on any atom is 0.191 e. The van der Waals surface area contributed by atoms with Gasteiger partial charge >= 0.3 is 0 Å². The van der Waals surface area contributed by atoms with Gasteiger partial charge in [-0.15, -0.1) is 11.3 Å². The molecule has 0 aliphatic heterocycles. The summed E-state index contributed by atoms with van der Waals surface area (Å²) < 4.78 is 10.6. The highest BCUT2D eigenvalue weighted by molar-refractivity contribution is 7.09. The Kier molecular flexibility index (Phi) is 6.86. The molecule has 0 bridgehead atoms. The van der Waals surface area contributed by atoms with Gasteiger partial charge in [0.15, 0.2) is 17.5 Å². The Balaban J connectivity index is 1.55. The second kappa shape index (κ2) is 9.75. The van der Waals surface area contributed by atoms with Crippen LogP contribution in [0.2, 0.25) is 0 Å². The Bertz CT molecular complexity index is 925. The largest absolute Gasteiger partial charge is 0.493 e. The first-order valence-corrected chi connectivity index (χ1v) is 9.76. The van der Waals surface area contributed by atoms with Crippen molar-refractivity contribution in [3.8, 4) is 22.8 Å². The van der Waals surface area contributed by atoms with Gasteiger partial charge in [0.05, 0.1) is 26.5 Å². The van der Waals surface area contributed by atoms with Crippen molar-refractivity contribution in [3.63, 3.8) is 0 Å². The molecular formula is C21H24N4O2S. The number of nitrogens with zero attached hydrogens (tertiary/aromatic N) is 2. The average Bonchev–Trinajstić information content (AvgIpc) is 3.23. The zero-order chi connectivity index (χ0) is 19.8. The standard InChI is InChI=1S/C21H24N4O2S/c1-22-21(23-12-15-9-10-18(26-2)19(11-15)27-3)24-13-20-25-17(14-28-20)16-7-5-4-6-8-16/h4-11,14H,12-13H2,1-3H3,(H2,22,23,24). The number of methoxy groups -OCH3 is 2. The third kappa shape index (κ3) is 5.01. The van der Waals surface area contributed by atoms with Gasteiger partial charge in [-0.3, -0.25) is 4.99 Å². The normalized spacial score (nSPS) is 11.2. The molecule has 146 valence electrons. The van der Waals surface area contributed by atoms with E-state index >= 15 is 0 Å². The van der Waals surface area contributed by atoms with Crippen LogP contribution < -0.4 is 20.1 Å². The molecule has 0 aliphatic rings. The smallest absolute Gasteiger partial charge is 0.191 e. The van der Waals surface area contributed by atoms with Crippen molar-refractivity contribution in [1.82, 2.24) is 15.6 Å². The highest BCUT2D eigenvalue weighted by Gasteiger charge is 2.07. The van der Waals surface area contributed by atoms with Gasteiger partial charge in [0, 0.05) is 24.5 Å². The molecule has 7 heteroatoms. The lowest BCUT2D eigenvalue weighted by Gasteiger charge is -2.13. The zero-order valence-electron chi connectivity index (χ0n) is 16.2. The molecular weight excluding hydrogens is 372 g/mol. The van der Waals surface area contributed by atoms with E-state index in [9.17, 15) is 0 Å². The first-order chi connectivity index (χ1) is 13.7. The molecule has 0 aliphatic carbocycles. The lowest BCUT2D eigenvalue weighted by molar-refractivity contribution is 0.354. The predicted molar refractivity (Wildman–Crippen MR) is 114 cm³/mol. The predicted octanol–water partition coefficient (Wildman–Crippen LogP) is 3.69. The fraction of sp³-hybridized carbons (Fsp3) is 0.238. The molecule has 0 radical (unpaired) electrons. The summed E-state index contributed by atoms with van der Waals surface area (Å²) in [5.41, 5.74) is 3.19. The minimum absolute atomic E-state index is 0.614. The molecule has 0 unspecified atom stereocenters. The van der Waals surface area contributed by atoms with Gasteiger partial charge in [-0.05, 0) is 17.7 Å². The van der Waals surface area contributed by atoms with Gasteiger partial charge in [-0.1, -0.05) is 36.4 Å². The van der Waals surface area contributed by atoms with Crippen LogP contribution in [-0.2, 0) is 13.1 Å². The molecule has 2 N–H and O–H groups in total. The molecule has 28 heavy (non-hydrogen) atoms. The van der Waals surface area contributed by atoms with E-state index < -0.39 is 0 Å². The van der Waals surface area contributed by atoms with Crippen LogP contribution in [0.3, 0.4) is 0 Å². The highest BCUT2D eigenvalue weighted by atomic mass is 32.1. The van der Waals surface area contributed by atoms with Crippen LogP contribution >= 0.6 is 11.3 Å². The van der Waals surface area contributed by atoms with E-state index in [2.05, 4.69) is 38.1 Å². The minimum atomic E-state index is 0.614. The van der Waals surface area contributed by atoms with Gasteiger partial charge in [0.2, 0.25) is 0 Å². The second-order valence-electron chi connectivity index (χ2n) is 5.96. The van der Waals surface area contributed by atoms with E-state index in [0.717, 1.165) is 21.8 Å². The first kappa shape index (κ1) is 19.7. The molecule has 0 atom stereocenters. The van der Waals surface area contributed by atoms with Crippen molar-refractivity contribution in [3.05, 3.63) is 64.5 Å². The summed E-state index contributed by atoms with van der Waals surface area (Å²) in [5, 5.41) is 9.69. The molecule has 6 nitrogen and oxygen atoms in total. The number of aliphatic imine (C=N–C) groups is 1. The number of aromatic nitrogens is 1. The average molecular weight is 397 g/mol. The third-order valence-corrected chi connectivity index (χ3v) is 5.01. The van der Waals surface area contributed by atoms with E-state index in [4.69, 9.17) is 9.47 Å². The van der Waals surface area contributed by atoms with E-state index in [1.807, 2.05) is 36.4 Å². The number of guanidine groups is 1. The Morgan fingerprint density at radius 2 is 1.75 bits per heavy atom. The first-order valence-electron chi connectivity index (χ1n) is 8.88. The minimum Gasteiger partial charge on any atom is -0.493 e. The van der Waals surface area contributed by atoms with Gasteiger partial charge in [-0.25, -0.2) is 4.98 Å². The Morgan fingerprint density at radius 1 is 1.00 bits per heavy atom. The van der Waals surface area contributed by atoms with E-state index in [-0.39, 0.29) is 0 Å². The van der Waals surface area contributed by atoms with Gasteiger partial charge in [0.25, 0.3) is 0 Å². The number of nitrogens with one attached hydrogen (secondary N) is 2. The van der Waals surface area contributed by atoms with Gasteiger partial charge < -0.3 is 20.1 Å². The van der Waals surface area contributed by atoms with Gasteiger partial charge in [-0.2, -0.15) is 0 Å². The van der Waals surface area contributed by atoms with Crippen molar-refractivity contribution in [2.75, 3.05) is 21.3 Å². The van der Waals surface area contributed by atoms with Crippen molar-refractivity contribution in [1.29, 1.82) is 0 Å². The topological polar surface area (TPSA) is 67.8 Å². The van der Waals surface area contributed by atoms with E-state index in [0.29, 0.717) is 30.5 Å². The number of rotatable bonds is 7. The van der Waals surface area contributed by atoms with Crippen LogP contribution in [-0.4, -0.2) is 32.2 Å². The Labute approximate surface area is 169 Å². The molecule has 2 aromatic carbocycles. The van der Waals surface area contributed by atoms with Crippen LogP contribution in [0, 0.1) is 0 Å². The molecule has 1 aromatic heterocycles. The van der Waals surface area contributed by atoms with Crippen molar-refractivity contribution >= 4 is 17.3 Å². The zero-order valence-corrected chi connectivity index (χ0v) is 17.0. The van der Waals surface area contributed by atoms with Crippen molar-refractivity contribution < 1.29 is 9.47 Å². The van der Waals surface area contributed by atoms with Crippen molar-refractivity contribution in [2.45, 2.75) is 13.1 Å². The molecule has 3 aromatic rings. The Morgan fingerprint density at radius 3 is 2.46 bits per heavy atom. The molecule has 0 amide bonds. The number of benzene rings is 2. The number of ether oxygens (including phenoxy) is 2. The summed E-state index contributed by atoms with van der Waals surface area (Å²) >= 11 is 1.63. The van der Waals surface area contributed by atoms with E-state index in [1.165, 1.54) is 0 Å². The van der Waals surface area contributed by atoms with Crippen molar-refractivity contribution in [2.24, 2.45) is 4.99 Å². The van der Waals surface area contributed by atoms with Gasteiger partial charge in [0.1, 0.15) is 5.01 Å². The maximum absolute atomic E-state index is 5.35. The monoisotopic (exact) mass is 396 g/mol. The quantitative estimate of drug-likeness (QED) is 0.471. The summed E-state index contributed by atoms with van der Waals surface area (Å²) in [7, 11) is 5.01. The fourth-order valence-corrected chi connectivity index (χ4v) is 3.43. The Hall–Kier alpha value is -3.06. The summed E-state index contributed by atoms with van der Waals surface area (Å²) in [5.74, 6) is 2.14. The van der Waals surface area contributed by atoms with E-state index in [1.54, 1.807) is 32.6 Å². The molecule has 1 heterocycles. The molecule has 0 saturated carbocycles. The number of hydrogen-bond donors (Lipinski definition) is 2. The summed E-state index contributed by atoms with van der Waals surface area (Å²) in [6.07, 6.45) is 0.